The van der Waals surface area contributed by atoms with Crippen LogP contribution in [-0.4, -0.2) is 44.3 Å². The predicted octanol–water partition coefficient (Wildman–Crippen LogP) is 5.69. The Labute approximate surface area is 240 Å². The van der Waals surface area contributed by atoms with E-state index in [9.17, 15) is 18.0 Å². The molecule has 1 N–H and O–H groups in total. The summed E-state index contributed by atoms with van der Waals surface area (Å²) in [6.07, 6.45) is 0. The zero-order valence-electron chi connectivity index (χ0n) is 22.4. The van der Waals surface area contributed by atoms with E-state index >= 15 is 0 Å². The van der Waals surface area contributed by atoms with E-state index in [1.807, 2.05) is 13.8 Å². The number of anilines is 1. The molecule has 7 nitrogen and oxygen atoms in total. The van der Waals surface area contributed by atoms with Crippen molar-refractivity contribution >= 4 is 50.7 Å². The van der Waals surface area contributed by atoms with Gasteiger partial charge in [-0.15, -0.1) is 0 Å². The molecule has 1 atom stereocenters. The van der Waals surface area contributed by atoms with Gasteiger partial charge >= 0.3 is 0 Å². The number of hydrogen-bond acceptors (Lipinski definition) is 4. The molecule has 10 heteroatoms. The van der Waals surface area contributed by atoms with Crippen molar-refractivity contribution in [1.82, 2.24) is 10.2 Å². The molecule has 208 valence electrons. The fourth-order valence-corrected chi connectivity index (χ4v) is 5.53. The van der Waals surface area contributed by atoms with Gasteiger partial charge in [-0.05, 0) is 67.3 Å². The summed E-state index contributed by atoms with van der Waals surface area (Å²) < 4.78 is 28.6. The number of hydrogen-bond donors (Lipinski definition) is 1. The second-order valence-corrected chi connectivity index (χ2v) is 12.4. The summed E-state index contributed by atoms with van der Waals surface area (Å²) in [5, 5.41) is 3.77. The lowest BCUT2D eigenvalue weighted by Crippen LogP contribution is -2.51. The highest BCUT2D eigenvalue weighted by Crippen LogP contribution is 2.28. The van der Waals surface area contributed by atoms with Crippen molar-refractivity contribution in [3.8, 4) is 0 Å². The lowest BCUT2D eigenvalue weighted by Gasteiger charge is -2.32. The molecule has 0 radical (unpaired) electrons. The fourth-order valence-electron chi connectivity index (χ4n) is 3.81. The fraction of sp³-hybridized carbons (Fsp3) is 0.310. The zero-order chi connectivity index (χ0) is 28.7. The van der Waals surface area contributed by atoms with Crippen molar-refractivity contribution in [3.05, 3.63) is 94.0 Å². The molecular formula is C29H33Cl2N3O4S. The van der Waals surface area contributed by atoms with Gasteiger partial charge in [0.1, 0.15) is 12.6 Å². The van der Waals surface area contributed by atoms with Crippen LogP contribution in [0.5, 0.6) is 0 Å². The summed E-state index contributed by atoms with van der Waals surface area (Å²) in [7, 11) is -4.15. The van der Waals surface area contributed by atoms with E-state index in [1.54, 1.807) is 68.4 Å². The number of nitrogens with zero attached hydrogens (tertiary/aromatic N) is 2. The maximum absolute atomic E-state index is 13.9. The number of carbonyl (C=O) groups is 2. The summed E-state index contributed by atoms with van der Waals surface area (Å²) in [5.41, 5.74) is 1.75. The molecule has 3 rings (SSSR count). The van der Waals surface area contributed by atoms with E-state index in [2.05, 4.69) is 5.32 Å². The van der Waals surface area contributed by atoms with E-state index in [1.165, 1.54) is 23.1 Å². The van der Waals surface area contributed by atoms with Gasteiger partial charge in [0.2, 0.25) is 11.8 Å². The largest absolute Gasteiger partial charge is 0.354 e. The van der Waals surface area contributed by atoms with Gasteiger partial charge in [-0.1, -0.05) is 73.4 Å². The topological polar surface area (TPSA) is 86.8 Å². The van der Waals surface area contributed by atoms with Crippen molar-refractivity contribution in [1.29, 1.82) is 0 Å². The van der Waals surface area contributed by atoms with Crippen molar-refractivity contribution in [2.75, 3.05) is 17.4 Å². The molecule has 39 heavy (non-hydrogen) atoms. The van der Waals surface area contributed by atoms with Gasteiger partial charge in [-0.3, -0.25) is 13.9 Å². The van der Waals surface area contributed by atoms with Crippen LogP contribution < -0.4 is 9.62 Å². The molecule has 0 aliphatic rings. The number of halogens is 2. The van der Waals surface area contributed by atoms with Crippen LogP contribution in [0.1, 0.15) is 31.9 Å². The van der Waals surface area contributed by atoms with Gasteiger partial charge in [0.25, 0.3) is 10.0 Å². The highest BCUT2D eigenvalue weighted by Gasteiger charge is 2.32. The number of aryl methyl sites for hydroxylation is 1. The third kappa shape index (κ3) is 7.97. The Hall–Kier alpha value is -3.07. The van der Waals surface area contributed by atoms with Gasteiger partial charge in [0, 0.05) is 23.1 Å². The van der Waals surface area contributed by atoms with Crippen LogP contribution >= 0.6 is 23.2 Å². The maximum atomic E-state index is 13.9. The number of carbonyl (C=O) groups excluding carboxylic acids is 2. The van der Waals surface area contributed by atoms with Crippen molar-refractivity contribution in [2.24, 2.45) is 5.92 Å². The van der Waals surface area contributed by atoms with Gasteiger partial charge in [-0.2, -0.15) is 0 Å². The van der Waals surface area contributed by atoms with Crippen molar-refractivity contribution in [3.63, 3.8) is 0 Å². The molecular weight excluding hydrogens is 557 g/mol. The molecule has 0 saturated carbocycles. The molecule has 2 amide bonds. The zero-order valence-corrected chi connectivity index (χ0v) is 24.7. The molecule has 0 aromatic heterocycles. The third-order valence-corrected chi connectivity index (χ3v) is 8.62. The Morgan fingerprint density at radius 1 is 0.923 bits per heavy atom. The van der Waals surface area contributed by atoms with E-state index < -0.39 is 28.5 Å². The minimum atomic E-state index is -4.15. The van der Waals surface area contributed by atoms with Crippen LogP contribution in [0.15, 0.2) is 77.7 Å². The number of benzene rings is 3. The van der Waals surface area contributed by atoms with Gasteiger partial charge in [0.15, 0.2) is 0 Å². The minimum absolute atomic E-state index is 0.0291. The van der Waals surface area contributed by atoms with Crippen molar-refractivity contribution in [2.45, 2.75) is 45.2 Å². The average Bonchev–Trinajstić information content (AvgIpc) is 2.91. The van der Waals surface area contributed by atoms with Crippen LogP contribution in [0.2, 0.25) is 10.0 Å². The lowest BCUT2D eigenvalue weighted by atomic mass is 10.1. The molecule has 0 aliphatic heterocycles. The molecule has 0 aliphatic carbocycles. The van der Waals surface area contributed by atoms with Gasteiger partial charge in [-0.25, -0.2) is 8.42 Å². The summed E-state index contributed by atoms with van der Waals surface area (Å²) in [6.45, 7) is 7.37. The van der Waals surface area contributed by atoms with E-state index in [0.29, 0.717) is 16.6 Å². The molecule has 0 saturated heterocycles. The number of nitrogens with one attached hydrogen (secondary N) is 1. The Bertz CT molecular complexity index is 1400. The first-order valence-corrected chi connectivity index (χ1v) is 14.7. The van der Waals surface area contributed by atoms with Crippen molar-refractivity contribution < 1.29 is 18.0 Å². The monoisotopic (exact) mass is 589 g/mol. The first-order chi connectivity index (χ1) is 18.4. The molecule has 0 bridgehead atoms. The van der Waals surface area contributed by atoms with E-state index in [4.69, 9.17) is 23.2 Å². The Balaban J connectivity index is 2.02. The molecule has 0 unspecified atom stereocenters. The van der Waals surface area contributed by atoms with Crippen LogP contribution in [0.25, 0.3) is 0 Å². The maximum Gasteiger partial charge on any atom is 0.264 e. The van der Waals surface area contributed by atoms with Crippen LogP contribution in [0, 0.1) is 12.8 Å². The minimum Gasteiger partial charge on any atom is -0.354 e. The first-order valence-electron chi connectivity index (χ1n) is 12.6. The van der Waals surface area contributed by atoms with Crippen LogP contribution in [-0.2, 0) is 26.2 Å². The number of sulfonamides is 1. The van der Waals surface area contributed by atoms with E-state index in [0.717, 1.165) is 15.4 Å². The second-order valence-electron chi connectivity index (χ2n) is 9.72. The summed E-state index contributed by atoms with van der Waals surface area (Å²) >= 11 is 12.4. The highest BCUT2D eigenvalue weighted by molar-refractivity contribution is 7.92. The summed E-state index contributed by atoms with van der Waals surface area (Å²) in [6, 6.07) is 18.8. The lowest BCUT2D eigenvalue weighted by molar-refractivity contribution is -0.139. The van der Waals surface area contributed by atoms with Crippen LogP contribution in [0.3, 0.4) is 0 Å². The molecule has 0 fully saturated rings. The van der Waals surface area contributed by atoms with Gasteiger partial charge in [0.05, 0.1) is 10.6 Å². The molecule has 3 aromatic rings. The van der Waals surface area contributed by atoms with E-state index in [-0.39, 0.29) is 29.0 Å². The highest BCUT2D eigenvalue weighted by atomic mass is 35.5. The second kappa shape index (κ2) is 13.3. The van der Waals surface area contributed by atoms with Gasteiger partial charge < -0.3 is 10.2 Å². The number of rotatable bonds is 11. The third-order valence-electron chi connectivity index (χ3n) is 6.17. The predicted molar refractivity (Wildman–Crippen MR) is 156 cm³/mol. The quantitative estimate of drug-likeness (QED) is 0.311. The normalized spacial score (nSPS) is 12.2. The molecule has 0 heterocycles. The standard InChI is InChI=1S/C29H33Cl2N3O4S/c1-20(2)17-32-29(36)22(4)33(18-23-11-13-24(30)14-12-23)28(35)19-34(25-15-10-21(3)27(31)16-25)39(37,38)26-8-6-5-7-9-26/h5-16,20,22H,17-19H2,1-4H3,(H,32,36)/t22-/m0/s1. The smallest absolute Gasteiger partial charge is 0.264 e. The molecule has 3 aromatic carbocycles. The summed E-state index contributed by atoms with van der Waals surface area (Å²) in [4.78, 5) is 28.3. The Morgan fingerprint density at radius 3 is 2.15 bits per heavy atom. The SMILES string of the molecule is Cc1ccc(N(CC(=O)N(Cc2ccc(Cl)cc2)[C@@H](C)C(=O)NCC(C)C)S(=O)(=O)c2ccccc2)cc1Cl. The number of amides is 2. The summed E-state index contributed by atoms with van der Waals surface area (Å²) in [5.74, 6) is -0.658. The van der Waals surface area contributed by atoms with Crippen LogP contribution in [0.4, 0.5) is 5.69 Å². The Kier molecular flexibility index (Phi) is 10.4. The first kappa shape index (κ1) is 30.5. The Morgan fingerprint density at radius 2 is 1.56 bits per heavy atom. The molecule has 0 spiro atoms. The average molecular weight is 591 g/mol.